The summed E-state index contributed by atoms with van der Waals surface area (Å²) in [6.07, 6.45) is 3.71. The largest absolute Gasteiger partial charge is 0.481 e. The highest BCUT2D eigenvalue weighted by atomic mass is 16.4. The maximum Gasteiger partial charge on any atom is 0.308 e. The van der Waals surface area contributed by atoms with E-state index in [1.807, 2.05) is 0 Å². The number of aryl methyl sites for hydroxylation is 1. The minimum Gasteiger partial charge on any atom is -0.481 e. The van der Waals surface area contributed by atoms with Crippen LogP contribution in [0.5, 0.6) is 0 Å². The number of hydrogen-bond donors (Lipinski definition) is 1. The second-order valence-electron chi connectivity index (χ2n) is 6.93. The van der Waals surface area contributed by atoms with Gasteiger partial charge in [0.15, 0.2) is 0 Å². The lowest BCUT2D eigenvalue weighted by Gasteiger charge is -2.30. The summed E-state index contributed by atoms with van der Waals surface area (Å²) in [6.45, 7) is 5.46. The average Bonchev–Trinajstić information content (AvgIpc) is 2.53. The maximum absolute atomic E-state index is 12.3. The standard InChI is InChI=1S/C19H27NO3/c1-14(2)12-16-7-5-15(6-8-16)9-10-18(21)20-11-3-4-17(13-20)19(22)23/h5-8,14,17H,3-4,9-13H2,1-2H3,(H,22,23)/t17-/m0/s1. The van der Waals surface area contributed by atoms with E-state index in [-0.39, 0.29) is 5.91 Å². The maximum atomic E-state index is 12.3. The molecule has 0 aliphatic carbocycles. The van der Waals surface area contributed by atoms with Crippen molar-refractivity contribution in [2.45, 2.75) is 46.0 Å². The van der Waals surface area contributed by atoms with E-state index in [0.717, 1.165) is 24.8 Å². The Morgan fingerprint density at radius 1 is 1.22 bits per heavy atom. The molecule has 126 valence electrons. The summed E-state index contributed by atoms with van der Waals surface area (Å²) in [5.74, 6) is -0.475. The Morgan fingerprint density at radius 3 is 2.48 bits per heavy atom. The van der Waals surface area contributed by atoms with Crippen molar-refractivity contribution >= 4 is 11.9 Å². The van der Waals surface area contributed by atoms with E-state index in [2.05, 4.69) is 38.1 Å². The number of carboxylic acid groups (broad SMARTS) is 1. The molecule has 1 atom stereocenters. The Bertz CT molecular complexity index is 536. The van der Waals surface area contributed by atoms with Gasteiger partial charge < -0.3 is 10.0 Å². The van der Waals surface area contributed by atoms with Crippen LogP contribution in [0.4, 0.5) is 0 Å². The second kappa shape index (κ2) is 8.14. The van der Waals surface area contributed by atoms with Crippen LogP contribution in [0.25, 0.3) is 0 Å². The molecule has 0 saturated carbocycles. The second-order valence-corrected chi connectivity index (χ2v) is 6.93. The highest BCUT2D eigenvalue weighted by molar-refractivity contribution is 5.78. The number of hydrogen-bond acceptors (Lipinski definition) is 2. The van der Waals surface area contributed by atoms with Crippen LogP contribution in [0.1, 0.15) is 44.2 Å². The summed E-state index contributed by atoms with van der Waals surface area (Å²) in [6, 6.07) is 8.48. The molecule has 1 amide bonds. The third-order valence-electron chi connectivity index (χ3n) is 4.42. The number of amides is 1. The molecule has 4 nitrogen and oxygen atoms in total. The van der Waals surface area contributed by atoms with Gasteiger partial charge in [0.05, 0.1) is 5.92 Å². The molecule has 2 rings (SSSR count). The van der Waals surface area contributed by atoms with Gasteiger partial charge in [0.2, 0.25) is 5.91 Å². The number of piperidine rings is 1. The van der Waals surface area contributed by atoms with Crippen molar-refractivity contribution < 1.29 is 14.7 Å². The Labute approximate surface area is 138 Å². The SMILES string of the molecule is CC(C)Cc1ccc(CCC(=O)N2CCC[C@H](C(=O)O)C2)cc1. The molecule has 1 N–H and O–H groups in total. The first-order valence-electron chi connectivity index (χ1n) is 8.54. The first-order valence-corrected chi connectivity index (χ1v) is 8.54. The minimum atomic E-state index is -0.789. The van der Waals surface area contributed by atoms with E-state index in [9.17, 15) is 9.59 Å². The summed E-state index contributed by atoms with van der Waals surface area (Å²) in [7, 11) is 0. The van der Waals surface area contributed by atoms with Crippen molar-refractivity contribution in [3.8, 4) is 0 Å². The predicted molar refractivity (Wildman–Crippen MR) is 90.2 cm³/mol. The van der Waals surface area contributed by atoms with Gasteiger partial charge in [-0.25, -0.2) is 0 Å². The number of likely N-dealkylation sites (tertiary alicyclic amines) is 1. The smallest absolute Gasteiger partial charge is 0.308 e. The topological polar surface area (TPSA) is 57.6 Å². The highest BCUT2D eigenvalue weighted by Crippen LogP contribution is 2.18. The van der Waals surface area contributed by atoms with Crippen molar-refractivity contribution in [2.75, 3.05) is 13.1 Å². The van der Waals surface area contributed by atoms with Crippen LogP contribution in [0.3, 0.4) is 0 Å². The zero-order valence-electron chi connectivity index (χ0n) is 14.1. The normalized spacial score (nSPS) is 18.2. The summed E-state index contributed by atoms with van der Waals surface area (Å²) in [5.41, 5.74) is 2.49. The van der Waals surface area contributed by atoms with E-state index in [4.69, 9.17) is 5.11 Å². The van der Waals surface area contributed by atoms with Crippen LogP contribution in [-0.2, 0) is 22.4 Å². The average molecular weight is 317 g/mol. The molecule has 1 heterocycles. The lowest BCUT2D eigenvalue weighted by Crippen LogP contribution is -2.42. The number of aliphatic carboxylic acids is 1. The fourth-order valence-electron chi connectivity index (χ4n) is 3.13. The first-order chi connectivity index (χ1) is 11.0. The van der Waals surface area contributed by atoms with Crippen molar-refractivity contribution in [1.82, 2.24) is 4.90 Å². The van der Waals surface area contributed by atoms with Crippen LogP contribution >= 0.6 is 0 Å². The van der Waals surface area contributed by atoms with Gasteiger partial charge in [0.25, 0.3) is 0 Å². The van der Waals surface area contributed by atoms with E-state index < -0.39 is 11.9 Å². The van der Waals surface area contributed by atoms with Crippen molar-refractivity contribution in [1.29, 1.82) is 0 Å². The lowest BCUT2D eigenvalue weighted by molar-refractivity contribution is -0.145. The molecule has 0 aromatic heterocycles. The molecule has 1 aliphatic heterocycles. The molecular weight excluding hydrogens is 290 g/mol. The molecule has 1 aliphatic rings. The number of carbonyl (C=O) groups excluding carboxylic acids is 1. The first kappa shape index (κ1) is 17.5. The highest BCUT2D eigenvalue weighted by Gasteiger charge is 2.27. The molecule has 0 radical (unpaired) electrons. The van der Waals surface area contributed by atoms with Gasteiger partial charge in [-0.15, -0.1) is 0 Å². The molecule has 0 bridgehead atoms. The molecule has 1 fully saturated rings. The van der Waals surface area contributed by atoms with Gasteiger partial charge in [-0.1, -0.05) is 38.1 Å². The minimum absolute atomic E-state index is 0.0715. The third-order valence-corrected chi connectivity index (χ3v) is 4.42. The summed E-state index contributed by atoms with van der Waals surface area (Å²) in [4.78, 5) is 25.1. The lowest BCUT2D eigenvalue weighted by atomic mass is 9.97. The van der Waals surface area contributed by atoms with Crippen LogP contribution in [-0.4, -0.2) is 35.0 Å². The summed E-state index contributed by atoms with van der Waals surface area (Å²) < 4.78 is 0. The number of nitrogens with zero attached hydrogens (tertiary/aromatic N) is 1. The fraction of sp³-hybridized carbons (Fsp3) is 0.579. The fourth-order valence-corrected chi connectivity index (χ4v) is 3.13. The molecule has 1 saturated heterocycles. The van der Waals surface area contributed by atoms with Crippen LogP contribution in [0.15, 0.2) is 24.3 Å². The van der Waals surface area contributed by atoms with Gasteiger partial charge in [-0.3, -0.25) is 9.59 Å². The van der Waals surface area contributed by atoms with Crippen molar-refractivity contribution in [3.63, 3.8) is 0 Å². The molecule has 1 aromatic carbocycles. The predicted octanol–water partition coefficient (Wildman–Crippen LogP) is 3.14. The van der Waals surface area contributed by atoms with E-state index in [0.29, 0.717) is 31.8 Å². The van der Waals surface area contributed by atoms with Crippen LogP contribution in [0, 0.1) is 11.8 Å². The van der Waals surface area contributed by atoms with E-state index in [1.54, 1.807) is 4.90 Å². The molecule has 1 aromatic rings. The Balaban J connectivity index is 1.83. The quantitative estimate of drug-likeness (QED) is 0.877. The van der Waals surface area contributed by atoms with Gasteiger partial charge in [-0.2, -0.15) is 0 Å². The molecule has 4 heteroatoms. The third kappa shape index (κ3) is 5.38. The zero-order valence-corrected chi connectivity index (χ0v) is 14.1. The van der Waals surface area contributed by atoms with Gasteiger partial charge >= 0.3 is 5.97 Å². The van der Waals surface area contributed by atoms with Crippen LogP contribution in [0.2, 0.25) is 0 Å². The number of rotatable bonds is 6. The van der Waals surface area contributed by atoms with E-state index in [1.165, 1.54) is 5.56 Å². The van der Waals surface area contributed by atoms with E-state index >= 15 is 0 Å². The number of benzene rings is 1. The Morgan fingerprint density at radius 2 is 1.87 bits per heavy atom. The van der Waals surface area contributed by atoms with Gasteiger partial charge in [-0.05, 0) is 42.7 Å². The molecular formula is C19H27NO3. The zero-order chi connectivity index (χ0) is 16.8. The summed E-state index contributed by atoms with van der Waals surface area (Å²) in [5, 5.41) is 9.10. The number of carbonyl (C=O) groups is 2. The van der Waals surface area contributed by atoms with Crippen LogP contribution < -0.4 is 0 Å². The van der Waals surface area contributed by atoms with Gasteiger partial charge in [0, 0.05) is 19.5 Å². The van der Waals surface area contributed by atoms with Crippen molar-refractivity contribution in [3.05, 3.63) is 35.4 Å². The molecule has 23 heavy (non-hydrogen) atoms. The molecule has 0 unspecified atom stereocenters. The monoisotopic (exact) mass is 317 g/mol. The summed E-state index contributed by atoms with van der Waals surface area (Å²) >= 11 is 0. The Kier molecular flexibility index (Phi) is 6.20. The number of carboxylic acids is 1. The van der Waals surface area contributed by atoms with Gasteiger partial charge in [0.1, 0.15) is 0 Å². The van der Waals surface area contributed by atoms with Crippen molar-refractivity contribution in [2.24, 2.45) is 11.8 Å². The molecule has 0 spiro atoms. The Hall–Kier alpha value is -1.84.